The first-order valence-electron chi connectivity index (χ1n) is 8.17. The first-order chi connectivity index (χ1) is 9.69. The van der Waals surface area contributed by atoms with Crippen LogP contribution in [-0.4, -0.2) is 24.6 Å². The minimum absolute atomic E-state index is 0.552. The van der Waals surface area contributed by atoms with Gasteiger partial charge in [0.05, 0.1) is 5.69 Å². The zero-order chi connectivity index (χ0) is 14.1. The number of thiazole rings is 1. The molecule has 3 atom stereocenters. The Morgan fingerprint density at radius 2 is 2.15 bits per heavy atom. The summed E-state index contributed by atoms with van der Waals surface area (Å²) in [5.41, 5.74) is 1.37. The van der Waals surface area contributed by atoms with Gasteiger partial charge in [0.1, 0.15) is 0 Å². The van der Waals surface area contributed by atoms with Crippen molar-refractivity contribution in [3.05, 3.63) is 10.6 Å². The number of hydrogen-bond donors (Lipinski definition) is 1. The van der Waals surface area contributed by atoms with Crippen LogP contribution in [-0.2, 0) is 6.42 Å². The minimum atomic E-state index is 0.552. The molecule has 2 heterocycles. The van der Waals surface area contributed by atoms with Crippen molar-refractivity contribution in [3.8, 4) is 0 Å². The molecule has 2 aliphatic rings. The highest BCUT2D eigenvalue weighted by molar-refractivity contribution is 7.15. The van der Waals surface area contributed by atoms with E-state index in [0.29, 0.717) is 6.04 Å². The predicted octanol–water partition coefficient (Wildman–Crippen LogP) is 3.61. The molecule has 3 nitrogen and oxygen atoms in total. The van der Waals surface area contributed by atoms with Gasteiger partial charge in [0.25, 0.3) is 0 Å². The Kier molecular flexibility index (Phi) is 4.32. The molecule has 0 spiro atoms. The minimum Gasteiger partial charge on any atom is -0.348 e. The Bertz CT molecular complexity index is 457. The summed E-state index contributed by atoms with van der Waals surface area (Å²) >= 11 is 1.95. The van der Waals surface area contributed by atoms with Gasteiger partial charge in [0.15, 0.2) is 5.13 Å². The highest BCUT2D eigenvalue weighted by Gasteiger charge is 2.28. The molecular formula is C16H27N3S. The number of fused-ring (bicyclic) bond motifs is 1. The Morgan fingerprint density at radius 3 is 2.90 bits per heavy atom. The highest BCUT2D eigenvalue weighted by Crippen LogP contribution is 2.39. The van der Waals surface area contributed by atoms with E-state index in [1.54, 1.807) is 0 Å². The Morgan fingerprint density at radius 1 is 1.30 bits per heavy atom. The van der Waals surface area contributed by atoms with E-state index in [-0.39, 0.29) is 0 Å². The van der Waals surface area contributed by atoms with Crippen molar-refractivity contribution in [1.82, 2.24) is 10.3 Å². The number of anilines is 1. The van der Waals surface area contributed by atoms with Gasteiger partial charge in [-0.3, -0.25) is 0 Å². The van der Waals surface area contributed by atoms with Crippen LogP contribution >= 0.6 is 11.3 Å². The van der Waals surface area contributed by atoms with Crippen molar-refractivity contribution < 1.29 is 0 Å². The normalized spacial score (nSPS) is 30.4. The fourth-order valence-electron chi connectivity index (χ4n) is 3.42. The standard InChI is InChI=1S/C16H27N3S/c1-4-17-13-6-5-7-14-15(13)20-16(18-14)19-9-8-11(2)12(3)10-19/h11-13,17H,4-10H2,1-3H3. The van der Waals surface area contributed by atoms with Crippen LogP contribution in [0.4, 0.5) is 5.13 Å². The van der Waals surface area contributed by atoms with E-state index in [2.05, 4.69) is 31.0 Å². The number of nitrogens with zero attached hydrogens (tertiary/aromatic N) is 2. The molecular weight excluding hydrogens is 266 g/mol. The molecule has 4 heteroatoms. The fraction of sp³-hybridized carbons (Fsp3) is 0.812. The van der Waals surface area contributed by atoms with Gasteiger partial charge in [0.2, 0.25) is 0 Å². The highest BCUT2D eigenvalue weighted by atomic mass is 32.1. The van der Waals surface area contributed by atoms with Crippen LogP contribution in [0.1, 0.15) is 56.6 Å². The Balaban J connectivity index is 1.78. The predicted molar refractivity (Wildman–Crippen MR) is 86.6 cm³/mol. The molecule has 112 valence electrons. The first kappa shape index (κ1) is 14.3. The fourth-order valence-corrected chi connectivity index (χ4v) is 4.68. The molecule has 20 heavy (non-hydrogen) atoms. The zero-order valence-corrected chi connectivity index (χ0v) is 13.8. The molecule has 3 unspecified atom stereocenters. The molecule has 0 aromatic carbocycles. The lowest BCUT2D eigenvalue weighted by Gasteiger charge is -2.35. The third-order valence-corrected chi connectivity index (χ3v) is 6.27. The van der Waals surface area contributed by atoms with Crippen LogP contribution in [0, 0.1) is 11.8 Å². The number of hydrogen-bond acceptors (Lipinski definition) is 4. The molecule has 1 aromatic rings. The lowest BCUT2D eigenvalue weighted by molar-refractivity contribution is 0.323. The van der Waals surface area contributed by atoms with Gasteiger partial charge in [0, 0.05) is 24.0 Å². The summed E-state index contributed by atoms with van der Waals surface area (Å²) in [5, 5.41) is 4.90. The molecule has 1 saturated heterocycles. The van der Waals surface area contributed by atoms with E-state index in [0.717, 1.165) is 18.4 Å². The summed E-state index contributed by atoms with van der Waals surface area (Å²) in [5.74, 6) is 1.64. The third kappa shape index (κ3) is 2.73. The second kappa shape index (κ2) is 6.02. The van der Waals surface area contributed by atoms with Crippen molar-refractivity contribution in [1.29, 1.82) is 0 Å². The largest absolute Gasteiger partial charge is 0.348 e. The van der Waals surface area contributed by atoms with Crippen molar-refractivity contribution >= 4 is 16.5 Å². The molecule has 1 fully saturated rings. The molecule has 0 amide bonds. The van der Waals surface area contributed by atoms with E-state index >= 15 is 0 Å². The average molecular weight is 293 g/mol. The summed E-state index contributed by atoms with van der Waals surface area (Å²) in [7, 11) is 0. The summed E-state index contributed by atoms with van der Waals surface area (Å²) < 4.78 is 0. The van der Waals surface area contributed by atoms with Crippen LogP contribution in [0.5, 0.6) is 0 Å². The first-order valence-corrected chi connectivity index (χ1v) is 8.98. The van der Waals surface area contributed by atoms with Gasteiger partial charge in [-0.05, 0) is 44.1 Å². The maximum atomic E-state index is 4.97. The lowest BCUT2D eigenvalue weighted by Crippen LogP contribution is -2.38. The second-order valence-electron chi connectivity index (χ2n) is 6.50. The van der Waals surface area contributed by atoms with Crippen molar-refractivity contribution in [2.75, 3.05) is 24.5 Å². The second-order valence-corrected chi connectivity index (χ2v) is 7.51. The van der Waals surface area contributed by atoms with Crippen LogP contribution in [0.15, 0.2) is 0 Å². The molecule has 1 N–H and O–H groups in total. The monoisotopic (exact) mass is 293 g/mol. The van der Waals surface area contributed by atoms with Crippen LogP contribution in [0.3, 0.4) is 0 Å². The number of rotatable bonds is 3. The number of nitrogens with one attached hydrogen (secondary N) is 1. The molecule has 3 rings (SSSR count). The van der Waals surface area contributed by atoms with E-state index in [1.165, 1.54) is 54.5 Å². The third-order valence-electron chi connectivity index (χ3n) is 4.99. The zero-order valence-electron chi connectivity index (χ0n) is 13.0. The summed E-state index contributed by atoms with van der Waals surface area (Å²) in [4.78, 5) is 9.01. The van der Waals surface area contributed by atoms with Crippen molar-refractivity contribution in [2.24, 2.45) is 11.8 Å². The van der Waals surface area contributed by atoms with Crippen LogP contribution in [0.2, 0.25) is 0 Å². The lowest BCUT2D eigenvalue weighted by atomic mass is 9.89. The summed E-state index contributed by atoms with van der Waals surface area (Å²) in [6.45, 7) is 10.4. The SMILES string of the molecule is CCNC1CCCc2nc(N3CCC(C)C(C)C3)sc21. The van der Waals surface area contributed by atoms with E-state index in [9.17, 15) is 0 Å². The van der Waals surface area contributed by atoms with Gasteiger partial charge in [-0.15, -0.1) is 0 Å². The number of aryl methyl sites for hydroxylation is 1. The van der Waals surface area contributed by atoms with E-state index in [1.807, 2.05) is 11.3 Å². The number of aromatic nitrogens is 1. The molecule has 1 aliphatic heterocycles. The quantitative estimate of drug-likeness (QED) is 0.922. The van der Waals surface area contributed by atoms with E-state index in [4.69, 9.17) is 4.98 Å². The van der Waals surface area contributed by atoms with Gasteiger partial charge < -0.3 is 10.2 Å². The molecule has 0 radical (unpaired) electrons. The Hall–Kier alpha value is -0.610. The molecule has 1 aliphatic carbocycles. The molecule has 0 saturated carbocycles. The summed E-state index contributed by atoms with van der Waals surface area (Å²) in [6.07, 6.45) is 5.03. The Labute approximate surface area is 126 Å². The van der Waals surface area contributed by atoms with Crippen LogP contribution < -0.4 is 10.2 Å². The van der Waals surface area contributed by atoms with Gasteiger partial charge in [-0.25, -0.2) is 4.98 Å². The molecule has 1 aromatic heterocycles. The smallest absolute Gasteiger partial charge is 0.185 e. The maximum absolute atomic E-state index is 4.97. The topological polar surface area (TPSA) is 28.2 Å². The van der Waals surface area contributed by atoms with Gasteiger partial charge in [-0.2, -0.15) is 0 Å². The van der Waals surface area contributed by atoms with Crippen molar-refractivity contribution in [3.63, 3.8) is 0 Å². The van der Waals surface area contributed by atoms with Gasteiger partial charge in [-0.1, -0.05) is 32.1 Å². The van der Waals surface area contributed by atoms with Crippen LogP contribution in [0.25, 0.3) is 0 Å². The summed E-state index contributed by atoms with van der Waals surface area (Å²) in [6, 6.07) is 0.552. The number of piperidine rings is 1. The molecule has 0 bridgehead atoms. The maximum Gasteiger partial charge on any atom is 0.185 e. The van der Waals surface area contributed by atoms with Gasteiger partial charge >= 0.3 is 0 Å². The van der Waals surface area contributed by atoms with Crippen molar-refractivity contribution in [2.45, 2.75) is 52.5 Å². The average Bonchev–Trinajstić information content (AvgIpc) is 2.87. The van der Waals surface area contributed by atoms with E-state index < -0.39 is 0 Å².